The number of rotatable bonds is 2. The molecular formula is C12H10AsIN2S. The fourth-order valence-electron chi connectivity index (χ4n) is 1.75. The molecule has 86 valence electrons. The van der Waals surface area contributed by atoms with Crippen molar-refractivity contribution >= 4 is 46.2 Å². The summed E-state index contributed by atoms with van der Waals surface area (Å²) in [5.74, 6) is 0. The second kappa shape index (κ2) is 5.20. The SMILES string of the molecule is I[As]1Sc2ccccc2N1Cc1ccccn1. The van der Waals surface area contributed by atoms with Gasteiger partial charge in [0.1, 0.15) is 0 Å². The van der Waals surface area contributed by atoms with Gasteiger partial charge in [0.25, 0.3) is 0 Å². The average molecular weight is 416 g/mol. The molecule has 2 nitrogen and oxygen atoms in total. The van der Waals surface area contributed by atoms with E-state index in [9.17, 15) is 0 Å². The first-order valence-electron chi connectivity index (χ1n) is 5.25. The van der Waals surface area contributed by atoms with Crippen molar-refractivity contribution in [1.29, 1.82) is 0 Å². The molecule has 2 heterocycles. The normalized spacial score (nSPS) is 18.2. The summed E-state index contributed by atoms with van der Waals surface area (Å²) in [5.41, 5.74) is 2.54. The van der Waals surface area contributed by atoms with E-state index in [0.717, 1.165) is 12.2 Å². The van der Waals surface area contributed by atoms with Crippen LogP contribution >= 0.6 is 30.2 Å². The molecule has 1 aliphatic heterocycles. The second-order valence-electron chi connectivity index (χ2n) is 3.66. The third-order valence-corrected chi connectivity index (χ3v) is 13.8. The first-order chi connectivity index (χ1) is 8.34. The summed E-state index contributed by atoms with van der Waals surface area (Å²) in [6, 6.07) is 14.8. The van der Waals surface area contributed by atoms with E-state index in [2.05, 4.69) is 65.3 Å². The minimum absolute atomic E-state index is 0.938. The molecule has 0 spiro atoms. The van der Waals surface area contributed by atoms with E-state index in [4.69, 9.17) is 0 Å². The fourth-order valence-corrected chi connectivity index (χ4v) is 12.5. The van der Waals surface area contributed by atoms with Crippen LogP contribution in [-0.4, -0.2) is 15.4 Å². The van der Waals surface area contributed by atoms with Gasteiger partial charge in [-0.3, -0.25) is 0 Å². The van der Waals surface area contributed by atoms with E-state index >= 15 is 0 Å². The van der Waals surface area contributed by atoms with Gasteiger partial charge in [-0.05, 0) is 0 Å². The number of aromatic nitrogens is 1. The quantitative estimate of drug-likeness (QED) is 0.550. The van der Waals surface area contributed by atoms with Crippen LogP contribution in [0.15, 0.2) is 53.6 Å². The van der Waals surface area contributed by atoms with Crippen LogP contribution in [0.3, 0.4) is 0 Å². The molecule has 5 heteroatoms. The van der Waals surface area contributed by atoms with Crippen molar-refractivity contribution in [2.24, 2.45) is 0 Å². The van der Waals surface area contributed by atoms with Crippen molar-refractivity contribution < 1.29 is 0 Å². The Balaban J connectivity index is 1.89. The topological polar surface area (TPSA) is 16.1 Å². The summed E-state index contributed by atoms with van der Waals surface area (Å²) < 4.78 is 2.54. The van der Waals surface area contributed by atoms with E-state index in [-0.39, 0.29) is 0 Å². The number of halogens is 1. The van der Waals surface area contributed by atoms with Crippen LogP contribution in [0, 0.1) is 0 Å². The molecule has 0 bridgehead atoms. The van der Waals surface area contributed by atoms with Crippen molar-refractivity contribution in [1.82, 2.24) is 4.98 Å². The van der Waals surface area contributed by atoms with Gasteiger partial charge in [-0.2, -0.15) is 0 Å². The van der Waals surface area contributed by atoms with Crippen LogP contribution in [0.4, 0.5) is 5.69 Å². The Kier molecular flexibility index (Phi) is 3.64. The van der Waals surface area contributed by atoms with Gasteiger partial charge in [0.15, 0.2) is 0 Å². The summed E-state index contributed by atoms with van der Waals surface area (Å²) in [6.07, 6.45) is 1.87. The first kappa shape index (κ1) is 11.9. The minimum atomic E-state index is -1.01. The van der Waals surface area contributed by atoms with Crippen molar-refractivity contribution in [2.75, 3.05) is 3.82 Å². The molecule has 0 radical (unpaired) electrons. The summed E-state index contributed by atoms with van der Waals surface area (Å²) in [6.45, 7) is 0.938. The van der Waals surface area contributed by atoms with Gasteiger partial charge >= 0.3 is 121 Å². The molecule has 0 N–H and O–H groups in total. The number of fused-ring (bicyclic) bond motifs is 1. The van der Waals surface area contributed by atoms with Gasteiger partial charge in [-0.25, -0.2) is 0 Å². The molecule has 1 unspecified atom stereocenters. The Labute approximate surface area is 120 Å². The summed E-state index contributed by atoms with van der Waals surface area (Å²) in [4.78, 5) is 5.85. The average Bonchev–Trinajstić information content (AvgIpc) is 2.68. The molecule has 0 fully saturated rings. The van der Waals surface area contributed by atoms with Crippen molar-refractivity contribution in [3.63, 3.8) is 0 Å². The molecule has 3 rings (SSSR count). The molecular weight excluding hydrogens is 406 g/mol. The van der Waals surface area contributed by atoms with E-state index in [1.54, 1.807) is 0 Å². The molecule has 1 aliphatic rings. The van der Waals surface area contributed by atoms with Crippen LogP contribution in [0.25, 0.3) is 0 Å². The van der Waals surface area contributed by atoms with Gasteiger partial charge in [0.05, 0.1) is 0 Å². The van der Waals surface area contributed by atoms with Gasteiger partial charge in [0, 0.05) is 0 Å². The Bertz CT molecular complexity index is 523. The Morgan fingerprint density at radius 1 is 1.18 bits per heavy atom. The van der Waals surface area contributed by atoms with Gasteiger partial charge < -0.3 is 0 Å². The Morgan fingerprint density at radius 3 is 2.82 bits per heavy atom. The summed E-state index contributed by atoms with van der Waals surface area (Å²) >= 11 is 2.62. The first-order valence-corrected chi connectivity index (χ1v) is 14.9. The molecule has 1 aromatic carbocycles. The van der Waals surface area contributed by atoms with Crippen LogP contribution in [0.2, 0.25) is 0 Å². The molecule has 1 atom stereocenters. The molecule has 0 amide bonds. The zero-order valence-corrected chi connectivity index (χ0v) is 13.8. The maximum atomic E-state index is 4.42. The Morgan fingerprint density at radius 2 is 2.00 bits per heavy atom. The number of hydrogen-bond acceptors (Lipinski definition) is 3. The van der Waals surface area contributed by atoms with Crippen LogP contribution in [-0.2, 0) is 6.54 Å². The summed E-state index contributed by atoms with van der Waals surface area (Å²) in [7, 11) is 1.04. The van der Waals surface area contributed by atoms with Gasteiger partial charge in [0.2, 0.25) is 0 Å². The molecule has 0 saturated heterocycles. The standard InChI is InChI=1S/C12H10AsIN2S/c14-13-16(9-10-5-3-4-8-15-10)11-6-1-2-7-12(11)17-13/h1-8H,9H2. The molecule has 0 saturated carbocycles. The van der Waals surface area contributed by atoms with Crippen LogP contribution in [0.1, 0.15) is 5.69 Å². The zero-order valence-electron chi connectivity index (χ0n) is 8.95. The van der Waals surface area contributed by atoms with Crippen molar-refractivity contribution in [3.05, 3.63) is 54.4 Å². The number of benzene rings is 1. The van der Waals surface area contributed by atoms with E-state index in [0.29, 0.717) is 0 Å². The molecule has 1 aromatic heterocycles. The zero-order chi connectivity index (χ0) is 11.7. The fraction of sp³-hybridized carbons (Fsp3) is 0.0833. The monoisotopic (exact) mass is 416 g/mol. The Hall–Kier alpha value is -0.192. The van der Waals surface area contributed by atoms with Gasteiger partial charge in [-0.15, -0.1) is 0 Å². The third kappa shape index (κ3) is 2.49. The molecule has 2 aromatic rings. The number of para-hydroxylation sites is 1. The molecule has 0 aliphatic carbocycles. The maximum absolute atomic E-state index is 4.42. The van der Waals surface area contributed by atoms with Crippen molar-refractivity contribution in [3.8, 4) is 0 Å². The van der Waals surface area contributed by atoms with E-state index < -0.39 is 10.4 Å². The van der Waals surface area contributed by atoms with E-state index in [1.165, 1.54) is 10.6 Å². The predicted molar refractivity (Wildman–Crippen MR) is 82.5 cm³/mol. The number of anilines is 1. The summed E-state index contributed by atoms with van der Waals surface area (Å²) in [5, 5.41) is 0. The second-order valence-corrected chi connectivity index (χ2v) is 17.3. The predicted octanol–water partition coefficient (Wildman–Crippen LogP) is 3.61. The number of nitrogens with zero attached hydrogens (tertiary/aromatic N) is 2. The molecule has 17 heavy (non-hydrogen) atoms. The number of hydrogen-bond donors (Lipinski definition) is 0. The number of pyridine rings is 1. The van der Waals surface area contributed by atoms with Crippen molar-refractivity contribution in [2.45, 2.75) is 11.4 Å². The third-order valence-electron chi connectivity index (χ3n) is 2.54. The van der Waals surface area contributed by atoms with E-state index in [1.807, 2.05) is 22.3 Å². The van der Waals surface area contributed by atoms with Gasteiger partial charge in [-0.1, -0.05) is 0 Å². The van der Waals surface area contributed by atoms with Crippen LogP contribution in [0.5, 0.6) is 0 Å². The van der Waals surface area contributed by atoms with Crippen LogP contribution < -0.4 is 3.82 Å².